The highest BCUT2D eigenvalue weighted by molar-refractivity contribution is 5.79. The van der Waals surface area contributed by atoms with Crippen LogP contribution in [0.3, 0.4) is 0 Å². The molecule has 0 saturated heterocycles. The van der Waals surface area contributed by atoms with Crippen LogP contribution in [0.25, 0.3) is 0 Å². The van der Waals surface area contributed by atoms with Crippen LogP contribution < -0.4 is 10.6 Å². The van der Waals surface area contributed by atoms with Crippen LogP contribution >= 0.6 is 0 Å². The fourth-order valence-electron chi connectivity index (χ4n) is 2.68. The average Bonchev–Trinajstić information content (AvgIpc) is 2.75. The summed E-state index contributed by atoms with van der Waals surface area (Å²) in [4.78, 5) is 4.62. The van der Waals surface area contributed by atoms with Crippen LogP contribution in [-0.4, -0.2) is 33.8 Å². The van der Waals surface area contributed by atoms with Crippen LogP contribution in [-0.2, 0) is 13.6 Å². The van der Waals surface area contributed by atoms with Gasteiger partial charge in [0.05, 0.1) is 0 Å². The summed E-state index contributed by atoms with van der Waals surface area (Å²) in [5.74, 6) is 2.67. The van der Waals surface area contributed by atoms with Crippen molar-refractivity contribution >= 4 is 5.96 Å². The molecule has 0 aromatic carbocycles. The first-order chi connectivity index (χ1) is 10.1. The number of hydrogen-bond donors (Lipinski definition) is 2. The van der Waals surface area contributed by atoms with Crippen molar-refractivity contribution < 1.29 is 0 Å². The van der Waals surface area contributed by atoms with E-state index in [1.54, 1.807) is 0 Å². The molecule has 1 aromatic heterocycles. The summed E-state index contributed by atoms with van der Waals surface area (Å²) in [6, 6.07) is 0. The van der Waals surface area contributed by atoms with Gasteiger partial charge in [0, 0.05) is 20.1 Å². The molecule has 21 heavy (non-hydrogen) atoms. The zero-order chi connectivity index (χ0) is 15.3. The number of nitrogens with zero attached hydrogens (tertiary/aromatic N) is 4. The maximum atomic E-state index is 4.62. The van der Waals surface area contributed by atoms with E-state index in [-0.39, 0.29) is 0 Å². The number of aryl methyl sites for hydroxylation is 1. The Kier molecular flexibility index (Phi) is 5.20. The lowest BCUT2D eigenvalue weighted by Gasteiger charge is -2.41. The lowest BCUT2D eigenvalue weighted by atomic mass is 9.67. The van der Waals surface area contributed by atoms with Crippen molar-refractivity contribution in [3.63, 3.8) is 0 Å². The molecule has 0 amide bonds. The summed E-state index contributed by atoms with van der Waals surface area (Å²) in [6.45, 7) is 8.74. The Balaban J connectivity index is 1.94. The van der Waals surface area contributed by atoms with Gasteiger partial charge in [-0.15, -0.1) is 10.2 Å². The Hall–Kier alpha value is -1.59. The third-order valence-corrected chi connectivity index (χ3v) is 4.70. The molecule has 0 bridgehead atoms. The minimum Gasteiger partial charge on any atom is -0.357 e. The minimum atomic E-state index is 0.484. The smallest absolute Gasteiger partial charge is 0.191 e. The summed E-state index contributed by atoms with van der Waals surface area (Å²) in [5, 5.41) is 15.0. The summed E-state index contributed by atoms with van der Waals surface area (Å²) in [7, 11) is 1.97. The van der Waals surface area contributed by atoms with Gasteiger partial charge in [0.25, 0.3) is 0 Å². The van der Waals surface area contributed by atoms with Crippen LogP contribution in [0.15, 0.2) is 4.99 Å². The van der Waals surface area contributed by atoms with Gasteiger partial charge in [-0.25, -0.2) is 4.99 Å². The molecule has 1 aromatic rings. The van der Waals surface area contributed by atoms with E-state index >= 15 is 0 Å². The van der Waals surface area contributed by atoms with Gasteiger partial charge in [0.1, 0.15) is 12.4 Å². The third kappa shape index (κ3) is 3.74. The predicted octanol–water partition coefficient (Wildman–Crippen LogP) is 1.76. The van der Waals surface area contributed by atoms with Gasteiger partial charge in [-0.3, -0.25) is 0 Å². The van der Waals surface area contributed by atoms with Crippen LogP contribution in [0.4, 0.5) is 0 Å². The molecule has 1 aliphatic rings. The molecule has 6 nitrogen and oxygen atoms in total. The van der Waals surface area contributed by atoms with E-state index in [0.717, 1.165) is 30.7 Å². The highest BCUT2D eigenvalue weighted by Gasteiger charge is 2.34. The third-order valence-electron chi connectivity index (χ3n) is 4.70. The maximum absolute atomic E-state index is 4.62. The molecule has 0 unspecified atom stereocenters. The summed E-state index contributed by atoms with van der Waals surface area (Å²) >= 11 is 0. The number of rotatable bonds is 6. The summed E-state index contributed by atoms with van der Waals surface area (Å²) < 4.78 is 1.98. The monoisotopic (exact) mass is 292 g/mol. The first-order valence-corrected chi connectivity index (χ1v) is 7.97. The lowest BCUT2D eigenvalue weighted by molar-refractivity contribution is 0.131. The normalized spacial score (nSPS) is 17.4. The van der Waals surface area contributed by atoms with Crippen molar-refractivity contribution in [2.45, 2.75) is 53.0 Å². The Bertz CT molecular complexity index is 481. The molecular weight excluding hydrogens is 264 g/mol. The van der Waals surface area contributed by atoms with Gasteiger partial charge in [0.15, 0.2) is 11.8 Å². The van der Waals surface area contributed by atoms with E-state index in [9.17, 15) is 0 Å². The fourth-order valence-corrected chi connectivity index (χ4v) is 2.68. The molecule has 0 radical (unpaired) electrons. The molecule has 1 saturated carbocycles. The number of aromatic nitrogens is 3. The highest BCUT2D eigenvalue weighted by atomic mass is 15.3. The second-order valence-corrected chi connectivity index (χ2v) is 5.98. The second-order valence-electron chi connectivity index (χ2n) is 5.98. The Morgan fingerprint density at radius 2 is 2.05 bits per heavy atom. The van der Waals surface area contributed by atoms with Crippen molar-refractivity contribution in [3.8, 4) is 0 Å². The average molecular weight is 292 g/mol. The SMILES string of the molecule is CCNC(=NCc1nnc(C)n1C)NCC1(CC)CCC1. The molecule has 2 N–H and O–H groups in total. The Morgan fingerprint density at radius 3 is 2.52 bits per heavy atom. The van der Waals surface area contributed by atoms with Gasteiger partial charge < -0.3 is 15.2 Å². The Labute approximate surface area is 127 Å². The summed E-state index contributed by atoms with van der Waals surface area (Å²) in [6.07, 6.45) is 5.26. The van der Waals surface area contributed by atoms with Gasteiger partial charge >= 0.3 is 0 Å². The molecular formula is C15H28N6. The van der Waals surface area contributed by atoms with E-state index in [0.29, 0.717) is 12.0 Å². The van der Waals surface area contributed by atoms with Crippen molar-refractivity contribution in [2.24, 2.45) is 17.5 Å². The molecule has 0 atom stereocenters. The first-order valence-electron chi connectivity index (χ1n) is 7.97. The van der Waals surface area contributed by atoms with Crippen LogP contribution in [0.1, 0.15) is 51.2 Å². The summed E-state index contributed by atoms with van der Waals surface area (Å²) in [5.41, 5.74) is 0.484. The van der Waals surface area contributed by atoms with E-state index in [1.807, 2.05) is 18.5 Å². The van der Waals surface area contributed by atoms with Crippen molar-refractivity contribution in [1.29, 1.82) is 0 Å². The number of hydrogen-bond acceptors (Lipinski definition) is 3. The van der Waals surface area contributed by atoms with E-state index in [2.05, 4.69) is 39.7 Å². The van der Waals surface area contributed by atoms with E-state index < -0.39 is 0 Å². The quantitative estimate of drug-likeness (QED) is 0.619. The zero-order valence-corrected chi connectivity index (χ0v) is 13.7. The molecule has 1 heterocycles. The van der Waals surface area contributed by atoms with Gasteiger partial charge in [-0.05, 0) is 38.5 Å². The fraction of sp³-hybridized carbons (Fsp3) is 0.800. The minimum absolute atomic E-state index is 0.484. The van der Waals surface area contributed by atoms with Crippen molar-refractivity contribution in [1.82, 2.24) is 25.4 Å². The highest BCUT2D eigenvalue weighted by Crippen LogP contribution is 2.42. The topological polar surface area (TPSA) is 67.1 Å². The largest absolute Gasteiger partial charge is 0.357 e. The maximum Gasteiger partial charge on any atom is 0.191 e. The number of aliphatic imine (C=N–C) groups is 1. The van der Waals surface area contributed by atoms with Crippen LogP contribution in [0, 0.1) is 12.3 Å². The van der Waals surface area contributed by atoms with Gasteiger partial charge in [-0.1, -0.05) is 13.3 Å². The van der Waals surface area contributed by atoms with Crippen LogP contribution in [0.2, 0.25) is 0 Å². The van der Waals surface area contributed by atoms with E-state index in [1.165, 1.54) is 25.7 Å². The molecule has 0 aliphatic heterocycles. The molecule has 118 valence electrons. The number of guanidine groups is 1. The molecule has 6 heteroatoms. The Morgan fingerprint density at radius 1 is 1.29 bits per heavy atom. The van der Waals surface area contributed by atoms with E-state index in [4.69, 9.17) is 0 Å². The molecule has 2 rings (SSSR count). The molecule has 1 aliphatic carbocycles. The number of nitrogens with one attached hydrogen (secondary N) is 2. The van der Waals surface area contributed by atoms with Gasteiger partial charge in [-0.2, -0.15) is 0 Å². The van der Waals surface area contributed by atoms with Gasteiger partial charge in [0.2, 0.25) is 0 Å². The van der Waals surface area contributed by atoms with Crippen molar-refractivity contribution in [3.05, 3.63) is 11.6 Å². The van der Waals surface area contributed by atoms with Crippen molar-refractivity contribution in [2.75, 3.05) is 13.1 Å². The lowest BCUT2D eigenvalue weighted by Crippen LogP contribution is -2.46. The zero-order valence-electron chi connectivity index (χ0n) is 13.7. The molecule has 1 fully saturated rings. The standard InChI is InChI=1S/C15H28N6/c1-5-15(8-7-9-15)11-18-14(16-6-2)17-10-13-20-19-12(3)21(13)4/h5-11H2,1-4H3,(H2,16,17,18). The molecule has 0 spiro atoms. The first kappa shape index (κ1) is 15.8. The second kappa shape index (κ2) is 6.91. The predicted molar refractivity (Wildman–Crippen MR) is 85.1 cm³/mol. The van der Waals surface area contributed by atoms with Crippen LogP contribution in [0.5, 0.6) is 0 Å².